The fourth-order valence-electron chi connectivity index (χ4n) is 2.49. The van der Waals surface area contributed by atoms with Gasteiger partial charge in [-0.25, -0.2) is 0 Å². The van der Waals surface area contributed by atoms with Gasteiger partial charge in [0.2, 0.25) is 0 Å². The van der Waals surface area contributed by atoms with Crippen molar-refractivity contribution in [3.63, 3.8) is 0 Å². The van der Waals surface area contributed by atoms with Crippen molar-refractivity contribution >= 4 is 5.69 Å². The molecule has 0 saturated heterocycles. The quantitative estimate of drug-likeness (QED) is 0.812. The van der Waals surface area contributed by atoms with E-state index in [1.807, 2.05) is 0 Å². The number of hydrogen-bond donors (Lipinski definition) is 1. The molecule has 0 aromatic heterocycles. The van der Waals surface area contributed by atoms with E-state index in [4.69, 9.17) is 5.73 Å². The van der Waals surface area contributed by atoms with Gasteiger partial charge in [0, 0.05) is 24.8 Å². The van der Waals surface area contributed by atoms with Gasteiger partial charge in [0.15, 0.2) is 0 Å². The molecule has 1 atom stereocenters. The minimum absolute atomic E-state index is 0.209. The Morgan fingerprint density at radius 1 is 0.947 bits per heavy atom. The molecule has 0 aliphatic carbocycles. The molecule has 0 radical (unpaired) electrons. The molecule has 1 aromatic rings. The van der Waals surface area contributed by atoms with E-state index in [1.54, 1.807) is 0 Å². The molecule has 0 amide bonds. The Morgan fingerprint density at radius 2 is 1.47 bits per heavy atom. The summed E-state index contributed by atoms with van der Waals surface area (Å²) < 4.78 is 0. The van der Waals surface area contributed by atoms with Gasteiger partial charge in [0.1, 0.15) is 0 Å². The summed E-state index contributed by atoms with van der Waals surface area (Å²) in [5.41, 5.74) is 8.71. The van der Waals surface area contributed by atoms with E-state index in [1.165, 1.54) is 11.3 Å². The second-order valence-corrected chi connectivity index (χ2v) is 6.50. The molecular formula is C17H30N2. The van der Waals surface area contributed by atoms with Crippen LogP contribution in [-0.2, 0) is 6.42 Å². The van der Waals surface area contributed by atoms with E-state index in [0.717, 1.165) is 19.5 Å². The highest BCUT2D eigenvalue weighted by atomic mass is 15.1. The van der Waals surface area contributed by atoms with Crippen molar-refractivity contribution in [3.8, 4) is 0 Å². The maximum atomic E-state index is 5.98. The maximum absolute atomic E-state index is 5.98. The largest absolute Gasteiger partial charge is 0.371 e. The SMILES string of the molecule is CC(C)CN(CC(C)C)c1ccccc1CC(C)N. The molecular weight excluding hydrogens is 232 g/mol. The van der Waals surface area contributed by atoms with Crippen molar-refractivity contribution in [1.29, 1.82) is 0 Å². The third kappa shape index (κ3) is 5.65. The Hall–Kier alpha value is -1.02. The maximum Gasteiger partial charge on any atom is 0.0399 e. The monoisotopic (exact) mass is 262 g/mol. The summed E-state index contributed by atoms with van der Waals surface area (Å²) in [7, 11) is 0. The van der Waals surface area contributed by atoms with Gasteiger partial charge >= 0.3 is 0 Å². The molecule has 0 fully saturated rings. The third-order valence-electron chi connectivity index (χ3n) is 3.05. The number of nitrogens with zero attached hydrogens (tertiary/aromatic N) is 1. The van der Waals surface area contributed by atoms with Crippen LogP contribution in [0, 0.1) is 11.8 Å². The van der Waals surface area contributed by atoms with E-state index in [9.17, 15) is 0 Å². The lowest BCUT2D eigenvalue weighted by atomic mass is 10.0. The highest BCUT2D eigenvalue weighted by molar-refractivity contribution is 5.54. The summed E-state index contributed by atoms with van der Waals surface area (Å²) in [4.78, 5) is 2.52. The number of rotatable bonds is 7. The lowest BCUT2D eigenvalue weighted by Crippen LogP contribution is -2.32. The van der Waals surface area contributed by atoms with Gasteiger partial charge < -0.3 is 10.6 Å². The van der Waals surface area contributed by atoms with E-state index in [2.05, 4.69) is 63.8 Å². The Labute approximate surface area is 119 Å². The molecule has 2 heteroatoms. The van der Waals surface area contributed by atoms with Crippen LogP contribution >= 0.6 is 0 Å². The topological polar surface area (TPSA) is 29.3 Å². The van der Waals surface area contributed by atoms with Crippen LogP contribution < -0.4 is 10.6 Å². The van der Waals surface area contributed by atoms with Gasteiger partial charge in [-0.1, -0.05) is 45.9 Å². The van der Waals surface area contributed by atoms with Gasteiger partial charge in [-0.05, 0) is 36.8 Å². The van der Waals surface area contributed by atoms with E-state index >= 15 is 0 Å². The van der Waals surface area contributed by atoms with Crippen molar-refractivity contribution in [3.05, 3.63) is 29.8 Å². The molecule has 0 aliphatic rings. The summed E-state index contributed by atoms with van der Waals surface area (Å²) in [6.45, 7) is 13.4. The first-order valence-corrected chi connectivity index (χ1v) is 7.48. The predicted octanol–water partition coefficient (Wildman–Crippen LogP) is 3.69. The van der Waals surface area contributed by atoms with Crippen LogP contribution in [0.3, 0.4) is 0 Å². The Bertz CT molecular complexity index is 359. The van der Waals surface area contributed by atoms with Crippen molar-refractivity contribution in [1.82, 2.24) is 0 Å². The number of benzene rings is 1. The van der Waals surface area contributed by atoms with E-state index in [0.29, 0.717) is 11.8 Å². The molecule has 1 unspecified atom stereocenters. The van der Waals surface area contributed by atoms with Crippen LogP contribution in [0.4, 0.5) is 5.69 Å². The smallest absolute Gasteiger partial charge is 0.0399 e. The fraction of sp³-hybridized carbons (Fsp3) is 0.647. The number of anilines is 1. The van der Waals surface area contributed by atoms with Gasteiger partial charge in [-0.3, -0.25) is 0 Å². The van der Waals surface area contributed by atoms with Gasteiger partial charge in [-0.2, -0.15) is 0 Å². The second-order valence-electron chi connectivity index (χ2n) is 6.50. The van der Waals surface area contributed by atoms with Crippen LogP contribution in [0.15, 0.2) is 24.3 Å². The van der Waals surface area contributed by atoms with Crippen molar-refractivity contribution in [2.45, 2.75) is 47.1 Å². The minimum atomic E-state index is 0.209. The summed E-state index contributed by atoms with van der Waals surface area (Å²) in [5, 5.41) is 0. The summed E-state index contributed by atoms with van der Waals surface area (Å²) in [6, 6.07) is 8.91. The molecule has 1 rings (SSSR count). The highest BCUT2D eigenvalue weighted by Gasteiger charge is 2.14. The van der Waals surface area contributed by atoms with Gasteiger partial charge in [-0.15, -0.1) is 0 Å². The van der Waals surface area contributed by atoms with Crippen LogP contribution in [0.5, 0.6) is 0 Å². The highest BCUT2D eigenvalue weighted by Crippen LogP contribution is 2.23. The number of nitrogens with two attached hydrogens (primary N) is 1. The van der Waals surface area contributed by atoms with Crippen molar-refractivity contribution < 1.29 is 0 Å². The van der Waals surface area contributed by atoms with Gasteiger partial charge in [0.25, 0.3) is 0 Å². The first-order chi connectivity index (χ1) is 8.90. The Morgan fingerprint density at radius 3 is 1.95 bits per heavy atom. The number of hydrogen-bond acceptors (Lipinski definition) is 2. The molecule has 0 bridgehead atoms. The van der Waals surface area contributed by atoms with Crippen LogP contribution in [0.1, 0.15) is 40.2 Å². The third-order valence-corrected chi connectivity index (χ3v) is 3.05. The molecule has 108 valence electrons. The average molecular weight is 262 g/mol. The van der Waals surface area contributed by atoms with Crippen LogP contribution in [0.2, 0.25) is 0 Å². The van der Waals surface area contributed by atoms with Crippen LogP contribution in [0.25, 0.3) is 0 Å². The number of para-hydroxylation sites is 1. The molecule has 1 aromatic carbocycles. The Balaban J connectivity index is 2.99. The van der Waals surface area contributed by atoms with Crippen molar-refractivity contribution in [2.24, 2.45) is 17.6 Å². The second kappa shape index (κ2) is 7.54. The molecule has 2 N–H and O–H groups in total. The summed E-state index contributed by atoms with van der Waals surface area (Å²) in [6.07, 6.45) is 0.947. The predicted molar refractivity (Wildman–Crippen MR) is 85.7 cm³/mol. The van der Waals surface area contributed by atoms with Crippen LogP contribution in [-0.4, -0.2) is 19.1 Å². The first-order valence-electron chi connectivity index (χ1n) is 7.48. The average Bonchev–Trinajstić information content (AvgIpc) is 2.26. The molecule has 2 nitrogen and oxygen atoms in total. The Kier molecular flexibility index (Phi) is 6.36. The van der Waals surface area contributed by atoms with Gasteiger partial charge in [0.05, 0.1) is 0 Å². The van der Waals surface area contributed by atoms with E-state index < -0.39 is 0 Å². The zero-order chi connectivity index (χ0) is 14.4. The molecule has 19 heavy (non-hydrogen) atoms. The normalized spacial score (nSPS) is 13.1. The summed E-state index contributed by atoms with van der Waals surface area (Å²) >= 11 is 0. The minimum Gasteiger partial charge on any atom is -0.371 e. The van der Waals surface area contributed by atoms with E-state index in [-0.39, 0.29) is 6.04 Å². The van der Waals surface area contributed by atoms with Crippen molar-refractivity contribution in [2.75, 3.05) is 18.0 Å². The molecule has 0 heterocycles. The first kappa shape index (κ1) is 16.0. The lowest BCUT2D eigenvalue weighted by molar-refractivity contribution is 0.550. The molecule has 0 saturated carbocycles. The summed E-state index contributed by atoms with van der Waals surface area (Å²) in [5.74, 6) is 1.34. The zero-order valence-electron chi connectivity index (χ0n) is 13.2. The standard InChI is InChI=1S/C17H30N2/c1-13(2)11-19(12-14(3)4)17-9-7-6-8-16(17)10-15(5)18/h6-9,13-15H,10-12,18H2,1-5H3. The lowest BCUT2D eigenvalue weighted by Gasteiger charge is -2.30. The fourth-order valence-corrected chi connectivity index (χ4v) is 2.49. The zero-order valence-corrected chi connectivity index (χ0v) is 13.2. The molecule has 0 spiro atoms. The molecule has 0 aliphatic heterocycles.